The molecule has 0 saturated heterocycles. The van der Waals surface area contributed by atoms with E-state index >= 15 is 0 Å². The first kappa shape index (κ1) is 14.3. The first-order valence-corrected chi connectivity index (χ1v) is 7.94. The number of carbonyl (C=O) groups excluding carboxylic acids is 1. The zero-order valence-corrected chi connectivity index (χ0v) is 12.8. The Morgan fingerprint density at radius 1 is 1.38 bits per heavy atom. The monoisotopic (exact) mass is 323 g/mol. The van der Waals surface area contributed by atoms with Gasteiger partial charge in [-0.2, -0.15) is 5.10 Å². The molecule has 0 atom stereocenters. The van der Waals surface area contributed by atoms with Crippen molar-refractivity contribution in [3.05, 3.63) is 49.5 Å². The maximum Gasteiger partial charge on any atom is 0.266 e. The van der Waals surface area contributed by atoms with E-state index < -0.39 is 0 Å². The van der Waals surface area contributed by atoms with Gasteiger partial charge in [0.1, 0.15) is 0 Å². The molecule has 1 amide bonds. The number of aromatic nitrogens is 2. The van der Waals surface area contributed by atoms with Crippen LogP contribution < -0.4 is 10.9 Å². The molecule has 1 aliphatic rings. The first-order valence-electron chi connectivity index (χ1n) is 6.75. The van der Waals surface area contributed by atoms with Gasteiger partial charge in [0.2, 0.25) is 0 Å². The van der Waals surface area contributed by atoms with Gasteiger partial charge in [0.25, 0.3) is 11.5 Å². The molecule has 0 aliphatic heterocycles. The van der Waals surface area contributed by atoms with Crippen LogP contribution in [-0.2, 0) is 6.54 Å². The molecule has 0 unspecified atom stereocenters. The second-order valence-electron chi connectivity index (χ2n) is 4.95. The van der Waals surface area contributed by atoms with E-state index in [1.807, 2.05) is 0 Å². The van der Waals surface area contributed by atoms with E-state index in [4.69, 9.17) is 11.6 Å². The number of thiophene rings is 1. The van der Waals surface area contributed by atoms with E-state index in [1.165, 1.54) is 16.0 Å². The molecule has 3 rings (SSSR count). The van der Waals surface area contributed by atoms with Crippen molar-refractivity contribution in [2.24, 2.45) is 0 Å². The number of hydrogen-bond acceptors (Lipinski definition) is 4. The van der Waals surface area contributed by atoms with Crippen molar-refractivity contribution in [2.45, 2.75) is 25.3 Å². The van der Waals surface area contributed by atoms with Crippen LogP contribution in [0.3, 0.4) is 0 Å². The summed E-state index contributed by atoms with van der Waals surface area (Å²) < 4.78 is 1.99. The highest BCUT2D eigenvalue weighted by Crippen LogP contribution is 2.38. The minimum Gasteiger partial charge on any atom is -0.349 e. The van der Waals surface area contributed by atoms with Crippen LogP contribution in [0.15, 0.2) is 29.1 Å². The van der Waals surface area contributed by atoms with E-state index in [0.29, 0.717) is 28.2 Å². The van der Waals surface area contributed by atoms with Crippen LogP contribution >= 0.6 is 22.9 Å². The number of rotatable bonds is 5. The molecule has 21 heavy (non-hydrogen) atoms. The van der Waals surface area contributed by atoms with Crippen molar-refractivity contribution in [2.75, 3.05) is 6.54 Å². The van der Waals surface area contributed by atoms with Crippen LogP contribution in [0.1, 0.15) is 34.1 Å². The van der Waals surface area contributed by atoms with Gasteiger partial charge in [0, 0.05) is 18.5 Å². The predicted octanol–water partition coefficient (Wildman–Crippen LogP) is 2.27. The highest BCUT2D eigenvalue weighted by Gasteiger charge is 2.25. The smallest absolute Gasteiger partial charge is 0.266 e. The van der Waals surface area contributed by atoms with E-state index in [-0.39, 0.29) is 11.5 Å². The number of nitrogens with one attached hydrogen (secondary N) is 1. The molecule has 1 fully saturated rings. The van der Waals surface area contributed by atoms with Gasteiger partial charge >= 0.3 is 0 Å². The minimum absolute atomic E-state index is 0.146. The molecule has 1 saturated carbocycles. The van der Waals surface area contributed by atoms with E-state index in [2.05, 4.69) is 10.4 Å². The summed E-state index contributed by atoms with van der Waals surface area (Å²) in [6.45, 7) is 0.722. The van der Waals surface area contributed by atoms with E-state index in [1.54, 1.807) is 24.3 Å². The third-order valence-electron chi connectivity index (χ3n) is 3.29. The number of amides is 1. The molecule has 2 heterocycles. The summed E-state index contributed by atoms with van der Waals surface area (Å²) in [4.78, 5) is 24.1. The molecule has 0 aromatic carbocycles. The van der Waals surface area contributed by atoms with Gasteiger partial charge < -0.3 is 5.32 Å². The lowest BCUT2D eigenvalue weighted by molar-refractivity contribution is 0.0956. The van der Waals surface area contributed by atoms with E-state index in [9.17, 15) is 9.59 Å². The Labute approximate surface area is 130 Å². The van der Waals surface area contributed by atoms with Crippen LogP contribution in [0.2, 0.25) is 4.34 Å². The second-order valence-corrected chi connectivity index (χ2v) is 6.67. The Morgan fingerprint density at radius 3 is 2.86 bits per heavy atom. The maximum atomic E-state index is 11.9. The van der Waals surface area contributed by atoms with Gasteiger partial charge in [-0.05, 0) is 31.0 Å². The fraction of sp³-hybridized carbons (Fsp3) is 0.357. The summed E-state index contributed by atoms with van der Waals surface area (Å²) in [5.74, 6) is 0.318. The summed E-state index contributed by atoms with van der Waals surface area (Å²) in [6, 6.07) is 6.71. The normalized spacial score (nSPS) is 14.1. The highest BCUT2D eigenvalue weighted by molar-refractivity contribution is 7.17. The zero-order chi connectivity index (χ0) is 14.8. The molecule has 1 N–H and O–H groups in total. The lowest BCUT2D eigenvalue weighted by atomic mass is 10.3. The van der Waals surface area contributed by atoms with Crippen molar-refractivity contribution >= 4 is 28.8 Å². The summed E-state index contributed by atoms with van der Waals surface area (Å²) in [5.41, 5.74) is 0.818. The van der Waals surface area contributed by atoms with Crippen LogP contribution in [0, 0.1) is 0 Å². The molecular weight excluding hydrogens is 310 g/mol. The molecule has 1 aliphatic carbocycles. The predicted molar refractivity (Wildman–Crippen MR) is 82.1 cm³/mol. The second kappa shape index (κ2) is 5.99. The van der Waals surface area contributed by atoms with Crippen molar-refractivity contribution < 1.29 is 4.79 Å². The fourth-order valence-corrected chi connectivity index (χ4v) is 2.98. The molecule has 2 aromatic rings. The number of carbonyl (C=O) groups is 1. The average molecular weight is 324 g/mol. The summed E-state index contributed by atoms with van der Waals surface area (Å²) in [5, 5.41) is 7.11. The lowest BCUT2D eigenvalue weighted by Gasteiger charge is -2.07. The highest BCUT2D eigenvalue weighted by atomic mass is 35.5. The van der Waals surface area contributed by atoms with Gasteiger partial charge in [-0.1, -0.05) is 11.6 Å². The third-order valence-corrected chi connectivity index (χ3v) is 4.52. The zero-order valence-electron chi connectivity index (χ0n) is 11.2. The number of nitrogens with zero attached hydrogens (tertiary/aromatic N) is 2. The van der Waals surface area contributed by atoms with Crippen molar-refractivity contribution in [3.8, 4) is 0 Å². The molecule has 7 heteroatoms. The van der Waals surface area contributed by atoms with Crippen LogP contribution in [0.5, 0.6) is 0 Å². The minimum atomic E-state index is -0.182. The van der Waals surface area contributed by atoms with E-state index in [0.717, 1.165) is 18.5 Å². The molecular formula is C14H14ClN3O2S. The number of hydrogen-bond donors (Lipinski definition) is 1. The quantitative estimate of drug-likeness (QED) is 0.918. The lowest BCUT2D eigenvalue weighted by Crippen LogP contribution is -2.31. The van der Waals surface area contributed by atoms with Crippen LogP contribution in [0.25, 0.3) is 0 Å². The Hall–Kier alpha value is -1.66. The SMILES string of the molecule is O=C(NCCn1nc(C2CC2)ccc1=O)c1ccc(Cl)s1. The fourth-order valence-electron chi connectivity index (χ4n) is 2.02. The molecule has 0 radical (unpaired) electrons. The Kier molecular flexibility index (Phi) is 4.07. The summed E-state index contributed by atoms with van der Waals surface area (Å²) in [7, 11) is 0. The van der Waals surface area contributed by atoms with Crippen molar-refractivity contribution in [3.63, 3.8) is 0 Å². The van der Waals surface area contributed by atoms with Gasteiger partial charge in [0.15, 0.2) is 0 Å². The number of halogens is 1. The Bertz CT molecular complexity index is 721. The molecule has 5 nitrogen and oxygen atoms in total. The average Bonchev–Trinajstić information content (AvgIpc) is 3.22. The molecule has 0 bridgehead atoms. The summed E-state index contributed by atoms with van der Waals surface area (Å²) >= 11 is 7.02. The third kappa shape index (κ3) is 3.51. The van der Waals surface area contributed by atoms with Gasteiger partial charge in [-0.15, -0.1) is 11.3 Å². The van der Waals surface area contributed by atoms with Crippen LogP contribution in [-0.4, -0.2) is 22.2 Å². The summed E-state index contributed by atoms with van der Waals surface area (Å²) in [6.07, 6.45) is 2.28. The largest absolute Gasteiger partial charge is 0.349 e. The van der Waals surface area contributed by atoms with Crippen molar-refractivity contribution in [1.29, 1.82) is 0 Å². The van der Waals surface area contributed by atoms with Gasteiger partial charge in [0.05, 0.1) is 21.5 Å². The Morgan fingerprint density at radius 2 is 2.19 bits per heavy atom. The standard InChI is InChI=1S/C14H14ClN3O2S/c15-12-5-4-11(21-12)14(20)16-7-8-18-13(19)6-3-10(17-18)9-1-2-9/h3-6,9H,1-2,7-8H2,(H,16,20). The first-order chi connectivity index (χ1) is 10.1. The van der Waals surface area contributed by atoms with Gasteiger partial charge in [-0.25, -0.2) is 4.68 Å². The molecule has 0 spiro atoms. The topological polar surface area (TPSA) is 64.0 Å². The Balaban J connectivity index is 1.59. The van der Waals surface area contributed by atoms with Crippen LogP contribution in [0.4, 0.5) is 0 Å². The molecule has 110 valence electrons. The van der Waals surface area contributed by atoms with Crippen molar-refractivity contribution in [1.82, 2.24) is 15.1 Å². The molecule has 2 aromatic heterocycles. The maximum absolute atomic E-state index is 11.9. The van der Waals surface area contributed by atoms with Gasteiger partial charge in [-0.3, -0.25) is 9.59 Å².